The number of hydrogen-bond donors (Lipinski definition) is 1. The molecule has 25 heavy (non-hydrogen) atoms. The average Bonchev–Trinajstić information content (AvgIpc) is 2.66. The van der Waals surface area contributed by atoms with E-state index in [-0.39, 0.29) is 5.75 Å². The second-order valence-corrected chi connectivity index (χ2v) is 6.25. The molecule has 1 aliphatic rings. The largest absolute Gasteiger partial charge is 0.504 e. The van der Waals surface area contributed by atoms with Gasteiger partial charge in [-0.25, -0.2) is 4.98 Å². The summed E-state index contributed by atoms with van der Waals surface area (Å²) in [5.41, 5.74) is 2.01. The number of methoxy groups -OCH3 is 1. The minimum absolute atomic E-state index is 0.238. The summed E-state index contributed by atoms with van der Waals surface area (Å²) in [6.45, 7) is 8.24. The molecule has 0 amide bonds. The first-order chi connectivity index (χ1) is 12.2. The lowest BCUT2D eigenvalue weighted by Crippen LogP contribution is -2.46. The minimum Gasteiger partial charge on any atom is -0.504 e. The van der Waals surface area contributed by atoms with Crippen LogP contribution >= 0.6 is 0 Å². The molecule has 0 atom stereocenters. The van der Waals surface area contributed by atoms with E-state index in [0.717, 1.165) is 49.5 Å². The van der Waals surface area contributed by atoms with Gasteiger partial charge in [-0.2, -0.15) is 0 Å². The number of aromatic nitrogens is 1. The predicted molar refractivity (Wildman–Crippen MR) is 100 cm³/mol. The van der Waals surface area contributed by atoms with Crippen LogP contribution in [-0.2, 0) is 13.0 Å². The van der Waals surface area contributed by atoms with Crippen molar-refractivity contribution in [3.8, 4) is 11.5 Å². The highest BCUT2D eigenvalue weighted by Gasteiger charge is 2.20. The maximum atomic E-state index is 10.4. The Balaban J connectivity index is 1.67. The highest BCUT2D eigenvalue weighted by molar-refractivity contribution is 5.49. The number of anilines is 1. The summed E-state index contributed by atoms with van der Waals surface area (Å²) in [5.74, 6) is 1.79. The summed E-state index contributed by atoms with van der Waals surface area (Å²) in [6.07, 6.45) is 4.45. The van der Waals surface area contributed by atoms with Crippen LogP contribution in [-0.4, -0.2) is 48.3 Å². The Morgan fingerprint density at radius 1 is 1.24 bits per heavy atom. The van der Waals surface area contributed by atoms with Crippen molar-refractivity contribution in [1.29, 1.82) is 0 Å². The molecule has 2 aromatic rings. The number of phenols is 1. The van der Waals surface area contributed by atoms with Gasteiger partial charge >= 0.3 is 0 Å². The smallest absolute Gasteiger partial charge is 0.162 e. The second-order valence-electron chi connectivity index (χ2n) is 6.25. The van der Waals surface area contributed by atoms with Gasteiger partial charge in [0.15, 0.2) is 11.5 Å². The number of pyridine rings is 1. The maximum Gasteiger partial charge on any atom is 0.162 e. The van der Waals surface area contributed by atoms with E-state index < -0.39 is 0 Å². The van der Waals surface area contributed by atoms with Gasteiger partial charge in [0.05, 0.1) is 7.11 Å². The first-order valence-corrected chi connectivity index (χ1v) is 8.59. The number of allylic oxidation sites excluding steroid dienone is 1. The van der Waals surface area contributed by atoms with Crippen LogP contribution in [0, 0.1) is 0 Å². The predicted octanol–water partition coefficient (Wildman–Crippen LogP) is 2.85. The molecule has 0 bridgehead atoms. The standard InChI is InChI=1S/C20H25N3O2/c1-3-6-16-13-17(20(24)18(14-16)25-2)15-22-9-11-23(12-10-22)19-7-4-5-8-21-19/h3-5,7-8,13-14,24H,1,6,9-12,15H2,2H3. The lowest BCUT2D eigenvalue weighted by molar-refractivity contribution is 0.245. The zero-order valence-electron chi connectivity index (χ0n) is 14.7. The number of hydrogen-bond acceptors (Lipinski definition) is 5. The highest BCUT2D eigenvalue weighted by atomic mass is 16.5. The van der Waals surface area contributed by atoms with Crippen molar-refractivity contribution >= 4 is 5.82 Å². The van der Waals surface area contributed by atoms with E-state index in [2.05, 4.69) is 21.4 Å². The quantitative estimate of drug-likeness (QED) is 0.820. The third-order valence-electron chi connectivity index (χ3n) is 4.55. The molecule has 1 aromatic carbocycles. The molecule has 132 valence electrons. The molecule has 0 spiro atoms. The summed E-state index contributed by atoms with van der Waals surface area (Å²) in [6, 6.07) is 9.92. The molecule has 3 rings (SSSR count). The van der Waals surface area contributed by atoms with Crippen molar-refractivity contribution in [3.63, 3.8) is 0 Å². The monoisotopic (exact) mass is 339 g/mol. The molecule has 1 saturated heterocycles. The summed E-state index contributed by atoms with van der Waals surface area (Å²) < 4.78 is 5.32. The zero-order valence-corrected chi connectivity index (χ0v) is 14.7. The van der Waals surface area contributed by atoms with Crippen molar-refractivity contribution < 1.29 is 9.84 Å². The van der Waals surface area contributed by atoms with Gasteiger partial charge < -0.3 is 14.7 Å². The number of aromatic hydroxyl groups is 1. The van der Waals surface area contributed by atoms with Gasteiger partial charge in [-0.05, 0) is 30.2 Å². The Kier molecular flexibility index (Phi) is 5.56. The summed E-state index contributed by atoms with van der Waals surface area (Å²) in [5, 5.41) is 10.4. The summed E-state index contributed by atoms with van der Waals surface area (Å²) in [4.78, 5) is 9.07. The van der Waals surface area contributed by atoms with E-state index in [1.807, 2.05) is 42.6 Å². The lowest BCUT2D eigenvalue weighted by atomic mass is 10.1. The average molecular weight is 339 g/mol. The van der Waals surface area contributed by atoms with Gasteiger partial charge in [0.25, 0.3) is 0 Å². The first-order valence-electron chi connectivity index (χ1n) is 8.59. The Morgan fingerprint density at radius 3 is 2.68 bits per heavy atom. The number of rotatable bonds is 6. The third kappa shape index (κ3) is 4.12. The Morgan fingerprint density at radius 2 is 2.04 bits per heavy atom. The number of nitrogens with zero attached hydrogens (tertiary/aromatic N) is 3. The van der Waals surface area contributed by atoms with E-state index in [0.29, 0.717) is 12.3 Å². The molecular weight excluding hydrogens is 314 g/mol. The Hall–Kier alpha value is -2.53. The summed E-state index contributed by atoms with van der Waals surface area (Å²) in [7, 11) is 1.59. The molecule has 1 N–H and O–H groups in total. The molecule has 0 aliphatic carbocycles. The van der Waals surface area contributed by atoms with Crippen molar-refractivity contribution in [2.24, 2.45) is 0 Å². The maximum absolute atomic E-state index is 10.4. The van der Waals surface area contributed by atoms with Crippen molar-refractivity contribution in [2.45, 2.75) is 13.0 Å². The molecular formula is C20H25N3O2. The van der Waals surface area contributed by atoms with E-state index in [9.17, 15) is 5.11 Å². The zero-order chi connectivity index (χ0) is 17.6. The van der Waals surface area contributed by atoms with Crippen LogP contribution in [0.25, 0.3) is 0 Å². The van der Waals surface area contributed by atoms with Gasteiger partial charge in [-0.1, -0.05) is 18.2 Å². The van der Waals surface area contributed by atoms with Crippen LogP contribution in [0.3, 0.4) is 0 Å². The van der Waals surface area contributed by atoms with Crippen LogP contribution in [0.2, 0.25) is 0 Å². The highest BCUT2D eigenvalue weighted by Crippen LogP contribution is 2.33. The first kappa shape index (κ1) is 17.3. The SMILES string of the molecule is C=CCc1cc(CN2CCN(c3ccccn3)CC2)c(O)c(OC)c1. The van der Waals surface area contributed by atoms with Crippen LogP contribution in [0.5, 0.6) is 11.5 Å². The van der Waals surface area contributed by atoms with Gasteiger partial charge in [-0.3, -0.25) is 4.90 Å². The fourth-order valence-corrected chi connectivity index (χ4v) is 3.21. The Bertz CT molecular complexity index is 710. The van der Waals surface area contributed by atoms with E-state index in [1.54, 1.807) is 7.11 Å². The molecule has 5 nitrogen and oxygen atoms in total. The molecule has 5 heteroatoms. The van der Waals surface area contributed by atoms with Crippen LogP contribution in [0.15, 0.2) is 49.2 Å². The molecule has 1 fully saturated rings. The Labute approximate surface area is 149 Å². The molecule has 0 saturated carbocycles. The van der Waals surface area contributed by atoms with Gasteiger partial charge in [0.1, 0.15) is 5.82 Å². The molecule has 2 heterocycles. The fourth-order valence-electron chi connectivity index (χ4n) is 3.21. The van der Waals surface area contributed by atoms with E-state index in [4.69, 9.17) is 4.74 Å². The second kappa shape index (κ2) is 8.03. The topological polar surface area (TPSA) is 48.8 Å². The number of ether oxygens (including phenoxy) is 1. The minimum atomic E-state index is 0.238. The van der Waals surface area contributed by atoms with Crippen LogP contribution in [0.4, 0.5) is 5.82 Å². The van der Waals surface area contributed by atoms with Crippen molar-refractivity contribution in [3.05, 3.63) is 60.3 Å². The van der Waals surface area contributed by atoms with Gasteiger partial charge in [0.2, 0.25) is 0 Å². The van der Waals surface area contributed by atoms with Crippen LogP contribution in [0.1, 0.15) is 11.1 Å². The van der Waals surface area contributed by atoms with Gasteiger partial charge in [0, 0.05) is 44.5 Å². The van der Waals surface area contributed by atoms with E-state index in [1.165, 1.54) is 0 Å². The lowest BCUT2D eigenvalue weighted by Gasteiger charge is -2.35. The molecule has 0 radical (unpaired) electrons. The normalized spacial score (nSPS) is 15.2. The molecule has 1 aliphatic heterocycles. The number of phenolic OH excluding ortho intramolecular Hbond substituents is 1. The molecule has 1 aromatic heterocycles. The fraction of sp³-hybridized carbons (Fsp3) is 0.350. The van der Waals surface area contributed by atoms with Gasteiger partial charge in [-0.15, -0.1) is 6.58 Å². The number of benzene rings is 1. The summed E-state index contributed by atoms with van der Waals surface area (Å²) >= 11 is 0. The van der Waals surface area contributed by atoms with E-state index >= 15 is 0 Å². The van der Waals surface area contributed by atoms with Crippen molar-refractivity contribution in [2.75, 3.05) is 38.2 Å². The molecule has 0 unspecified atom stereocenters. The van der Waals surface area contributed by atoms with Crippen LogP contribution < -0.4 is 9.64 Å². The van der Waals surface area contributed by atoms with Crippen molar-refractivity contribution in [1.82, 2.24) is 9.88 Å². The third-order valence-corrected chi connectivity index (χ3v) is 4.55. The number of piperazine rings is 1.